The van der Waals surface area contributed by atoms with E-state index in [-0.39, 0.29) is 17.6 Å². The van der Waals surface area contributed by atoms with Crippen LogP contribution in [-0.2, 0) is 24.3 Å². The van der Waals surface area contributed by atoms with Crippen LogP contribution in [0.4, 0.5) is 0 Å². The van der Waals surface area contributed by atoms with Crippen molar-refractivity contribution >= 4 is 11.7 Å². The summed E-state index contributed by atoms with van der Waals surface area (Å²) in [7, 11) is 0. The van der Waals surface area contributed by atoms with E-state index in [1.54, 1.807) is 31.0 Å². The fourth-order valence-electron chi connectivity index (χ4n) is 5.03. The number of benzene rings is 1. The minimum Gasteiger partial charge on any atom is -0.491 e. The third-order valence-corrected chi connectivity index (χ3v) is 6.90. The average Bonchev–Trinajstić information content (AvgIpc) is 3.15. The molecule has 1 amide bonds. The van der Waals surface area contributed by atoms with Gasteiger partial charge in [-0.1, -0.05) is 6.07 Å². The molecule has 186 valence electrons. The molecule has 0 aliphatic carbocycles. The van der Waals surface area contributed by atoms with Crippen molar-refractivity contribution in [3.05, 3.63) is 83.7 Å². The minimum absolute atomic E-state index is 0.00507. The number of amides is 1. The number of Topliss-reactive ketones (excluding diaryl/α,β-unsaturated/α-hetero) is 1. The summed E-state index contributed by atoms with van der Waals surface area (Å²) >= 11 is 0. The third-order valence-electron chi connectivity index (χ3n) is 6.90. The van der Waals surface area contributed by atoms with Crippen molar-refractivity contribution in [3.63, 3.8) is 0 Å². The highest BCUT2D eigenvalue weighted by Crippen LogP contribution is 2.27. The maximum atomic E-state index is 12.9. The fourth-order valence-corrected chi connectivity index (χ4v) is 5.03. The van der Waals surface area contributed by atoms with E-state index in [1.807, 2.05) is 23.1 Å². The number of ether oxygens (including phenoxy) is 1. The molecule has 4 heterocycles. The second kappa shape index (κ2) is 11.4. The molecule has 0 N–H and O–H groups in total. The summed E-state index contributed by atoms with van der Waals surface area (Å²) in [6.45, 7) is 4.06. The van der Waals surface area contributed by atoms with Crippen LogP contribution in [0, 0.1) is 5.92 Å². The first kappa shape index (κ1) is 24.1. The maximum absolute atomic E-state index is 12.9. The molecule has 2 aliphatic heterocycles. The van der Waals surface area contributed by atoms with Crippen molar-refractivity contribution < 1.29 is 14.3 Å². The van der Waals surface area contributed by atoms with Gasteiger partial charge < -0.3 is 9.64 Å². The zero-order chi connectivity index (χ0) is 24.7. The number of likely N-dealkylation sites (tertiary alicyclic amines) is 1. The summed E-state index contributed by atoms with van der Waals surface area (Å²) in [6.07, 6.45) is 11.2. The molecule has 36 heavy (non-hydrogen) atoms. The molecule has 0 bridgehead atoms. The van der Waals surface area contributed by atoms with Crippen molar-refractivity contribution in [2.24, 2.45) is 5.92 Å². The molecule has 5 rings (SSSR count). The number of fused-ring (bicyclic) bond motifs is 1. The van der Waals surface area contributed by atoms with Crippen LogP contribution in [0.3, 0.4) is 0 Å². The number of hydrogen-bond donors (Lipinski definition) is 0. The highest BCUT2D eigenvalue weighted by molar-refractivity contribution is 5.97. The van der Waals surface area contributed by atoms with Gasteiger partial charge in [0.05, 0.1) is 12.2 Å². The van der Waals surface area contributed by atoms with Crippen LogP contribution in [0.15, 0.2) is 61.3 Å². The number of aryl methyl sites for hydroxylation is 1. The summed E-state index contributed by atoms with van der Waals surface area (Å²) in [4.78, 5) is 42.5. The molecule has 0 saturated carbocycles. The summed E-state index contributed by atoms with van der Waals surface area (Å²) in [6, 6.07) is 9.92. The SMILES string of the molecule is O=C(c1cccnc1)[C@@H]1CCCN(Cc2ccc3c(c2)CN(C(=O)CCc2cnccn2)CCO3)C1. The van der Waals surface area contributed by atoms with E-state index in [9.17, 15) is 9.59 Å². The number of rotatable bonds is 7. The second-order valence-electron chi connectivity index (χ2n) is 9.48. The van der Waals surface area contributed by atoms with Crippen LogP contribution in [0.5, 0.6) is 5.75 Å². The van der Waals surface area contributed by atoms with Crippen molar-refractivity contribution in [2.45, 2.75) is 38.8 Å². The predicted molar refractivity (Wildman–Crippen MR) is 134 cm³/mol. The Balaban J connectivity index is 1.21. The zero-order valence-electron chi connectivity index (χ0n) is 20.4. The van der Waals surface area contributed by atoms with Crippen molar-refractivity contribution in [1.82, 2.24) is 24.8 Å². The van der Waals surface area contributed by atoms with Gasteiger partial charge in [-0.25, -0.2) is 0 Å². The molecule has 1 fully saturated rings. The van der Waals surface area contributed by atoms with E-state index < -0.39 is 0 Å². The Morgan fingerprint density at radius 1 is 1.06 bits per heavy atom. The Kier molecular flexibility index (Phi) is 7.61. The first-order valence-electron chi connectivity index (χ1n) is 12.6. The topological polar surface area (TPSA) is 88.5 Å². The Bertz CT molecular complexity index is 1190. The molecule has 0 radical (unpaired) electrons. The summed E-state index contributed by atoms with van der Waals surface area (Å²) in [5, 5.41) is 0. The van der Waals surface area contributed by atoms with Crippen molar-refractivity contribution in [2.75, 3.05) is 26.2 Å². The molecule has 8 heteroatoms. The molecular formula is C28H31N5O3. The van der Waals surface area contributed by atoms with E-state index in [0.29, 0.717) is 38.1 Å². The standard InChI is InChI=1S/C28H31N5O3/c34-27(8-6-25-17-30-10-11-31-25)33-13-14-36-26-7-5-21(15-24(26)20-33)18-32-12-2-4-23(19-32)28(35)22-3-1-9-29-16-22/h1,3,5,7,9-11,15-17,23H,2,4,6,8,12-14,18-20H2/t23-/m1/s1. The van der Waals surface area contributed by atoms with Crippen molar-refractivity contribution in [3.8, 4) is 5.75 Å². The Labute approximate surface area is 211 Å². The number of nitrogens with zero attached hydrogens (tertiary/aromatic N) is 5. The van der Waals surface area contributed by atoms with E-state index in [2.05, 4.69) is 32.0 Å². The van der Waals surface area contributed by atoms with Crippen LogP contribution in [0.1, 0.15) is 46.4 Å². The number of pyridine rings is 1. The molecule has 1 saturated heterocycles. The predicted octanol–water partition coefficient (Wildman–Crippen LogP) is 3.32. The number of hydrogen-bond acceptors (Lipinski definition) is 7. The molecule has 2 aromatic heterocycles. The van der Waals surface area contributed by atoms with Gasteiger partial charge in [0.15, 0.2) is 5.78 Å². The highest BCUT2D eigenvalue weighted by atomic mass is 16.5. The summed E-state index contributed by atoms with van der Waals surface area (Å²) < 4.78 is 5.95. The monoisotopic (exact) mass is 485 g/mol. The van der Waals surface area contributed by atoms with E-state index in [0.717, 1.165) is 49.5 Å². The molecule has 0 unspecified atom stereocenters. The lowest BCUT2D eigenvalue weighted by Gasteiger charge is -2.32. The number of carbonyl (C=O) groups is 2. The average molecular weight is 486 g/mol. The molecular weight excluding hydrogens is 454 g/mol. The number of ketones is 1. The number of carbonyl (C=O) groups excluding carboxylic acids is 2. The lowest BCUT2D eigenvalue weighted by molar-refractivity contribution is -0.131. The molecule has 3 aromatic rings. The van der Waals surface area contributed by atoms with Crippen LogP contribution < -0.4 is 4.74 Å². The number of piperidine rings is 1. The minimum atomic E-state index is -0.00507. The lowest BCUT2D eigenvalue weighted by Crippen LogP contribution is -2.38. The third kappa shape index (κ3) is 5.94. The van der Waals surface area contributed by atoms with E-state index in [4.69, 9.17) is 4.74 Å². The molecule has 1 atom stereocenters. The van der Waals surface area contributed by atoms with Gasteiger partial charge in [0.2, 0.25) is 5.91 Å². The summed E-state index contributed by atoms with van der Waals surface area (Å²) in [5.41, 5.74) is 3.70. The van der Waals surface area contributed by atoms with Gasteiger partial charge in [0.1, 0.15) is 12.4 Å². The van der Waals surface area contributed by atoms with Gasteiger partial charge in [0, 0.05) is 74.1 Å². The van der Waals surface area contributed by atoms with Crippen LogP contribution >= 0.6 is 0 Å². The second-order valence-corrected chi connectivity index (χ2v) is 9.48. The van der Waals surface area contributed by atoms with Crippen molar-refractivity contribution in [1.29, 1.82) is 0 Å². The van der Waals surface area contributed by atoms with Crippen LogP contribution in [-0.4, -0.2) is 62.7 Å². The molecule has 2 aliphatic rings. The van der Waals surface area contributed by atoms with Gasteiger partial charge in [-0.2, -0.15) is 0 Å². The highest BCUT2D eigenvalue weighted by Gasteiger charge is 2.27. The normalized spacial score (nSPS) is 18.1. The van der Waals surface area contributed by atoms with Gasteiger partial charge in [0.25, 0.3) is 0 Å². The van der Waals surface area contributed by atoms with Gasteiger partial charge >= 0.3 is 0 Å². The van der Waals surface area contributed by atoms with E-state index in [1.165, 1.54) is 5.56 Å². The molecule has 0 spiro atoms. The molecule has 8 nitrogen and oxygen atoms in total. The number of aromatic nitrogens is 3. The smallest absolute Gasteiger partial charge is 0.223 e. The first-order valence-corrected chi connectivity index (χ1v) is 12.6. The van der Waals surface area contributed by atoms with Gasteiger partial charge in [-0.3, -0.25) is 29.4 Å². The van der Waals surface area contributed by atoms with E-state index >= 15 is 0 Å². The Morgan fingerprint density at radius 2 is 1.97 bits per heavy atom. The Hall–Kier alpha value is -3.65. The largest absolute Gasteiger partial charge is 0.491 e. The quantitative estimate of drug-likeness (QED) is 0.475. The summed E-state index contributed by atoms with van der Waals surface area (Å²) in [5.74, 6) is 1.11. The van der Waals surface area contributed by atoms with Crippen LogP contribution in [0.25, 0.3) is 0 Å². The first-order chi connectivity index (χ1) is 17.7. The Morgan fingerprint density at radius 3 is 2.81 bits per heavy atom. The molecule has 1 aromatic carbocycles. The van der Waals surface area contributed by atoms with Crippen LogP contribution in [0.2, 0.25) is 0 Å². The fraction of sp³-hybridized carbons (Fsp3) is 0.393. The maximum Gasteiger partial charge on any atom is 0.223 e. The zero-order valence-corrected chi connectivity index (χ0v) is 20.4. The van der Waals surface area contributed by atoms with Gasteiger partial charge in [-0.15, -0.1) is 0 Å². The lowest BCUT2D eigenvalue weighted by atomic mass is 9.90. The van der Waals surface area contributed by atoms with Gasteiger partial charge in [-0.05, 0) is 55.6 Å².